The number of aryl methyl sites for hydroxylation is 1. The molecule has 0 saturated heterocycles. The van der Waals surface area contributed by atoms with Gasteiger partial charge in [-0.2, -0.15) is 0 Å². The van der Waals surface area contributed by atoms with E-state index in [2.05, 4.69) is 10.3 Å². The second kappa shape index (κ2) is 9.69. The average molecular weight is 481 g/mol. The monoisotopic (exact) mass is 480 g/mol. The smallest absolute Gasteiger partial charge is 0.249 e. The predicted molar refractivity (Wildman–Crippen MR) is 134 cm³/mol. The number of furan rings is 1. The first kappa shape index (κ1) is 22.9. The van der Waals surface area contributed by atoms with Gasteiger partial charge in [-0.25, -0.2) is 4.98 Å². The molecule has 2 aromatic heterocycles. The summed E-state index contributed by atoms with van der Waals surface area (Å²) in [6.45, 7) is 6.14. The Morgan fingerprint density at radius 1 is 1.18 bits per heavy atom. The van der Waals surface area contributed by atoms with E-state index in [0.717, 1.165) is 33.2 Å². The molecule has 5 nitrogen and oxygen atoms in total. The molecule has 0 fully saturated rings. The summed E-state index contributed by atoms with van der Waals surface area (Å²) in [5.74, 6) is 0.884. The van der Waals surface area contributed by atoms with Crippen LogP contribution in [0.2, 0.25) is 10.0 Å². The quantitative estimate of drug-likeness (QED) is 0.289. The van der Waals surface area contributed by atoms with Crippen molar-refractivity contribution in [3.8, 4) is 16.9 Å². The van der Waals surface area contributed by atoms with Gasteiger partial charge in [-0.3, -0.25) is 4.79 Å². The van der Waals surface area contributed by atoms with Crippen LogP contribution in [0.25, 0.3) is 27.7 Å². The molecule has 0 aliphatic carbocycles. The summed E-state index contributed by atoms with van der Waals surface area (Å²) in [4.78, 5) is 16.9. The number of benzene rings is 2. The Balaban J connectivity index is 1.76. The molecule has 33 heavy (non-hydrogen) atoms. The number of hydrogen-bond donors (Lipinski definition) is 1. The highest BCUT2D eigenvalue weighted by Gasteiger charge is 2.17. The molecule has 0 saturated carbocycles. The second-order valence-corrected chi connectivity index (χ2v) is 8.38. The highest BCUT2D eigenvalue weighted by Crippen LogP contribution is 2.40. The van der Waals surface area contributed by atoms with Gasteiger partial charge in [-0.15, -0.1) is 0 Å². The Labute approximate surface area is 202 Å². The van der Waals surface area contributed by atoms with Gasteiger partial charge in [0, 0.05) is 45.4 Å². The number of allylic oxidation sites excluding steroid dienone is 1. The van der Waals surface area contributed by atoms with E-state index in [1.807, 2.05) is 51.1 Å². The molecule has 0 bridgehead atoms. The minimum atomic E-state index is -0.273. The summed E-state index contributed by atoms with van der Waals surface area (Å²) < 4.78 is 11.7. The number of nitrogens with zero attached hydrogens (tertiary/aromatic N) is 1. The standard InChI is InChI=1S/C26H22Cl2N2O3/c1-4-32-23-13-24-20(21(14-33-24)18-8-7-17(27)11-22(18)28)12-19(23)16(3)10-25(31)30-26-15(2)6-5-9-29-26/h5-14H,4H2,1-3H3,(H,29,30,31)/b16-10+. The summed E-state index contributed by atoms with van der Waals surface area (Å²) in [6, 6.07) is 12.8. The third kappa shape index (κ3) is 4.90. The van der Waals surface area contributed by atoms with E-state index in [9.17, 15) is 4.79 Å². The van der Waals surface area contributed by atoms with E-state index < -0.39 is 0 Å². The molecule has 4 aromatic rings. The van der Waals surface area contributed by atoms with E-state index in [4.69, 9.17) is 32.4 Å². The van der Waals surface area contributed by atoms with Gasteiger partial charge in [0.1, 0.15) is 17.2 Å². The maximum Gasteiger partial charge on any atom is 0.249 e. The van der Waals surface area contributed by atoms with Crippen LogP contribution in [0.15, 0.2) is 65.4 Å². The van der Waals surface area contributed by atoms with Crippen molar-refractivity contribution < 1.29 is 13.9 Å². The zero-order valence-electron chi connectivity index (χ0n) is 18.4. The third-order valence-electron chi connectivity index (χ3n) is 5.22. The van der Waals surface area contributed by atoms with Crippen molar-refractivity contribution >= 4 is 51.5 Å². The van der Waals surface area contributed by atoms with E-state index in [1.165, 1.54) is 6.08 Å². The van der Waals surface area contributed by atoms with Crippen LogP contribution in [0.3, 0.4) is 0 Å². The lowest BCUT2D eigenvalue weighted by Gasteiger charge is -2.12. The van der Waals surface area contributed by atoms with Crippen LogP contribution in [-0.4, -0.2) is 17.5 Å². The number of nitrogens with one attached hydrogen (secondary N) is 1. The van der Waals surface area contributed by atoms with Crippen LogP contribution >= 0.6 is 23.2 Å². The van der Waals surface area contributed by atoms with Crippen molar-refractivity contribution in [1.82, 2.24) is 4.98 Å². The minimum absolute atomic E-state index is 0.273. The molecule has 168 valence electrons. The first-order valence-electron chi connectivity index (χ1n) is 10.4. The normalized spacial score (nSPS) is 11.6. The summed E-state index contributed by atoms with van der Waals surface area (Å²) in [5.41, 5.74) is 4.70. The molecule has 0 atom stereocenters. The molecule has 1 N–H and O–H groups in total. The van der Waals surface area contributed by atoms with Gasteiger partial charge in [0.2, 0.25) is 5.91 Å². The van der Waals surface area contributed by atoms with Crippen molar-refractivity contribution in [2.24, 2.45) is 0 Å². The first-order chi connectivity index (χ1) is 15.9. The van der Waals surface area contributed by atoms with Crippen molar-refractivity contribution in [2.75, 3.05) is 11.9 Å². The molecule has 2 aromatic carbocycles. The Morgan fingerprint density at radius 3 is 2.73 bits per heavy atom. The lowest BCUT2D eigenvalue weighted by Crippen LogP contribution is -2.11. The Morgan fingerprint density at radius 2 is 2.00 bits per heavy atom. The largest absolute Gasteiger partial charge is 0.493 e. The van der Waals surface area contributed by atoms with Crippen LogP contribution in [0.4, 0.5) is 5.82 Å². The fourth-order valence-corrected chi connectivity index (χ4v) is 4.11. The van der Waals surface area contributed by atoms with Gasteiger partial charge in [0.15, 0.2) is 0 Å². The maximum absolute atomic E-state index is 12.7. The SMILES string of the molecule is CCOc1cc2occ(-c3ccc(Cl)cc3Cl)c2cc1/C(C)=C/C(=O)Nc1ncccc1C. The number of ether oxygens (including phenoxy) is 1. The second-order valence-electron chi connectivity index (χ2n) is 7.54. The number of carbonyl (C=O) groups is 1. The Hall–Kier alpha value is -3.28. The average Bonchev–Trinajstić information content (AvgIpc) is 3.17. The van der Waals surface area contributed by atoms with E-state index in [0.29, 0.717) is 33.8 Å². The van der Waals surface area contributed by atoms with Crippen LogP contribution in [-0.2, 0) is 4.79 Å². The molecular weight excluding hydrogens is 459 g/mol. The van der Waals surface area contributed by atoms with Crippen molar-refractivity contribution in [3.63, 3.8) is 0 Å². The van der Waals surface area contributed by atoms with Crippen molar-refractivity contribution in [2.45, 2.75) is 20.8 Å². The van der Waals surface area contributed by atoms with Crippen LogP contribution in [0.5, 0.6) is 5.75 Å². The summed E-state index contributed by atoms with van der Waals surface area (Å²) in [5, 5.41) is 4.77. The summed E-state index contributed by atoms with van der Waals surface area (Å²) in [7, 11) is 0. The van der Waals surface area contributed by atoms with Crippen LogP contribution in [0.1, 0.15) is 25.0 Å². The van der Waals surface area contributed by atoms with Crippen molar-refractivity contribution in [1.29, 1.82) is 0 Å². The van der Waals surface area contributed by atoms with E-state index in [1.54, 1.807) is 24.6 Å². The van der Waals surface area contributed by atoms with E-state index in [-0.39, 0.29) is 5.91 Å². The van der Waals surface area contributed by atoms with Crippen LogP contribution < -0.4 is 10.1 Å². The number of hydrogen-bond acceptors (Lipinski definition) is 4. The zero-order valence-corrected chi connectivity index (χ0v) is 19.9. The number of pyridine rings is 1. The molecule has 0 spiro atoms. The maximum atomic E-state index is 12.7. The minimum Gasteiger partial charge on any atom is -0.493 e. The van der Waals surface area contributed by atoms with E-state index >= 15 is 0 Å². The lowest BCUT2D eigenvalue weighted by molar-refractivity contribution is -0.111. The van der Waals surface area contributed by atoms with Gasteiger partial charge in [-0.1, -0.05) is 35.3 Å². The molecule has 1 amide bonds. The number of amides is 1. The van der Waals surface area contributed by atoms with Gasteiger partial charge in [0.05, 0.1) is 17.9 Å². The molecule has 4 rings (SSSR count). The fraction of sp³-hybridized carbons (Fsp3) is 0.154. The predicted octanol–water partition coefficient (Wildman–Crippen LogP) is 7.55. The van der Waals surface area contributed by atoms with Gasteiger partial charge >= 0.3 is 0 Å². The van der Waals surface area contributed by atoms with Gasteiger partial charge in [-0.05, 0) is 56.2 Å². The van der Waals surface area contributed by atoms with Gasteiger partial charge < -0.3 is 14.5 Å². The fourth-order valence-electron chi connectivity index (χ4n) is 3.60. The van der Waals surface area contributed by atoms with Crippen molar-refractivity contribution in [3.05, 3.63) is 82.2 Å². The number of halogens is 2. The third-order valence-corrected chi connectivity index (χ3v) is 5.77. The molecule has 7 heteroatoms. The first-order valence-corrected chi connectivity index (χ1v) is 11.2. The number of carbonyl (C=O) groups excluding carboxylic acids is 1. The topological polar surface area (TPSA) is 64.4 Å². The number of anilines is 1. The molecule has 0 aliphatic heterocycles. The summed E-state index contributed by atoms with van der Waals surface area (Å²) >= 11 is 12.5. The molecule has 0 radical (unpaired) electrons. The zero-order chi connectivity index (χ0) is 23.5. The highest BCUT2D eigenvalue weighted by molar-refractivity contribution is 6.36. The lowest BCUT2D eigenvalue weighted by atomic mass is 9.99. The summed E-state index contributed by atoms with van der Waals surface area (Å²) in [6.07, 6.45) is 4.84. The van der Waals surface area contributed by atoms with Gasteiger partial charge in [0.25, 0.3) is 0 Å². The number of aromatic nitrogens is 1. The molecule has 0 unspecified atom stereocenters. The number of fused-ring (bicyclic) bond motifs is 1. The molecule has 2 heterocycles. The Kier molecular flexibility index (Phi) is 6.72. The molecule has 0 aliphatic rings. The molecular formula is C26H22Cl2N2O3. The number of rotatable bonds is 6. The van der Waals surface area contributed by atoms with Crippen LogP contribution in [0, 0.1) is 6.92 Å². The highest BCUT2D eigenvalue weighted by atomic mass is 35.5. The Bertz CT molecular complexity index is 1380.